The molecule has 0 spiro atoms. The number of hydrogen-bond acceptors (Lipinski definition) is 8. The van der Waals surface area contributed by atoms with Crippen LogP contribution in [0, 0.1) is 6.92 Å². The molecule has 1 fully saturated rings. The van der Waals surface area contributed by atoms with Gasteiger partial charge in [0.1, 0.15) is 17.7 Å². The predicted molar refractivity (Wildman–Crippen MR) is 119 cm³/mol. The van der Waals surface area contributed by atoms with E-state index in [0.717, 1.165) is 5.82 Å². The van der Waals surface area contributed by atoms with Crippen LogP contribution in [-0.4, -0.2) is 67.2 Å². The Morgan fingerprint density at radius 3 is 2.72 bits per heavy atom. The van der Waals surface area contributed by atoms with E-state index in [9.17, 15) is 4.79 Å². The van der Waals surface area contributed by atoms with Crippen LogP contribution in [0.5, 0.6) is 0 Å². The van der Waals surface area contributed by atoms with E-state index in [1.54, 1.807) is 29.6 Å². The lowest BCUT2D eigenvalue weighted by atomic mass is 10.1. The third kappa shape index (κ3) is 3.50. The van der Waals surface area contributed by atoms with Crippen molar-refractivity contribution in [2.45, 2.75) is 6.92 Å². The summed E-state index contributed by atoms with van der Waals surface area (Å²) >= 11 is 6.31. The van der Waals surface area contributed by atoms with E-state index in [-0.39, 0.29) is 6.03 Å². The van der Waals surface area contributed by atoms with Crippen LogP contribution in [0.4, 0.5) is 16.3 Å². The normalized spacial score (nSPS) is 14.2. The summed E-state index contributed by atoms with van der Waals surface area (Å²) in [5.41, 5.74) is 3.04. The van der Waals surface area contributed by atoms with Gasteiger partial charge in [0, 0.05) is 38.8 Å². The molecule has 4 heterocycles. The number of carbonyl (C=O) groups excluding carboxylic acids is 1. The number of aryl methyl sites for hydroxylation is 2. The first-order chi connectivity index (χ1) is 15.5. The first-order valence-corrected chi connectivity index (χ1v) is 10.4. The number of hydrogen-bond donors (Lipinski definition) is 1. The zero-order chi connectivity index (χ0) is 22.2. The molecule has 1 aliphatic heterocycles. The number of anilines is 2. The molecule has 4 aromatic rings. The molecule has 1 saturated heterocycles. The van der Waals surface area contributed by atoms with Crippen LogP contribution in [0.1, 0.15) is 5.76 Å². The van der Waals surface area contributed by atoms with Gasteiger partial charge in [-0.05, 0) is 13.0 Å². The van der Waals surface area contributed by atoms with Crippen LogP contribution in [0.15, 0.2) is 35.1 Å². The van der Waals surface area contributed by atoms with Crippen LogP contribution < -0.4 is 10.2 Å². The number of nitrogens with one attached hydrogen (secondary N) is 1. The first-order valence-electron chi connectivity index (χ1n) is 10.1. The van der Waals surface area contributed by atoms with Crippen molar-refractivity contribution in [2.75, 3.05) is 36.4 Å². The van der Waals surface area contributed by atoms with Gasteiger partial charge in [0.05, 0.1) is 5.02 Å². The molecule has 0 aliphatic carbocycles. The van der Waals surface area contributed by atoms with Gasteiger partial charge in [-0.1, -0.05) is 40.2 Å². The molecule has 2 amide bonds. The van der Waals surface area contributed by atoms with Crippen molar-refractivity contribution in [3.05, 3.63) is 41.4 Å². The van der Waals surface area contributed by atoms with Gasteiger partial charge in [-0.2, -0.15) is 0 Å². The maximum atomic E-state index is 13.0. The SMILES string of the molecule is Cc1onc(-c2ccccc2Cl)c1NC(=O)N1CCN(c2ncnc3c2nnn3C)CC1. The minimum atomic E-state index is -0.225. The molecule has 1 aromatic carbocycles. The van der Waals surface area contributed by atoms with Gasteiger partial charge in [0.2, 0.25) is 0 Å². The summed E-state index contributed by atoms with van der Waals surface area (Å²) in [6.07, 6.45) is 1.50. The molecule has 0 saturated carbocycles. The molecular weight excluding hydrogens is 434 g/mol. The Morgan fingerprint density at radius 1 is 1.16 bits per heavy atom. The Bertz CT molecular complexity index is 1290. The highest BCUT2D eigenvalue weighted by atomic mass is 35.5. The number of rotatable bonds is 3. The van der Waals surface area contributed by atoms with Crippen LogP contribution in [0.2, 0.25) is 5.02 Å². The lowest BCUT2D eigenvalue weighted by Crippen LogP contribution is -2.50. The zero-order valence-corrected chi connectivity index (χ0v) is 18.2. The van der Waals surface area contributed by atoms with E-state index in [1.165, 1.54) is 6.33 Å². The standard InChI is InChI=1S/C20H20ClN9O2/c1-12-15(16(26-32-12)13-5-3-4-6-14(13)21)24-20(31)30-9-7-29(8-10-30)19-17-18(22-11-23-19)28(2)27-25-17/h3-6,11H,7-10H2,1-2H3,(H,24,31). The van der Waals surface area contributed by atoms with E-state index in [2.05, 4.69) is 35.7 Å². The second-order valence-electron chi connectivity index (χ2n) is 7.43. The smallest absolute Gasteiger partial charge is 0.322 e. The highest BCUT2D eigenvalue weighted by Crippen LogP contribution is 2.34. The molecule has 5 rings (SSSR count). The van der Waals surface area contributed by atoms with Gasteiger partial charge >= 0.3 is 6.03 Å². The van der Waals surface area contributed by atoms with Gasteiger partial charge < -0.3 is 19.6 Å². The van der Waals surface area contributed by atoms with Crippen molar-refractivity contribution in [3.8, 4) is 11.3 Å². The van der Waals surface area contributed by atoms with Crippen molar-refractivity contribution in [1.82, 2.24) is 35.0 Å². The molecule has 32 heavy (non-hydrogen) atoms. The molecule has 164 valence electrons. The monoisotopic (exact) mass is 453 g/mol. The molecule has 0 radical (unpaired) electrons. The molecule has 0 atom stereocenters. The maximum absolute atomic E-state index is 13.0. The Balaban J connectivity index is 1.30. The number of halogens is 1. The van der Waals surface area contributed by atoms with Gasteiger partial charge in [-0.3, -0.25) is 0 Å². The number of carbonyl (C=O) groups is 1. The summed E-state index contributed by atoms with van der Waals surface area (Å²) in [6, 6.07) is 7.08. The summed E-state index contributed by atoms with van der Waals surface area (Å²) in [6.45, 7) is 4.00. The fraction of sp³-hybridized carbons (Fsp3) is 0.300. The lowest BCUT2D eigenvalue weighted by molar-refractivity contribution is 0.208. The number of urea groups is 1. The Morgan fingerprint density at radius 2 is 1.94 bits per heavy atom. The molecular formula is C20H20ClN9O2. The summed E-state index contributed by atoms with van der Waals surface area (Å²) < 4.78 is 6.95. The van der Waals surface area contributed by atoms with Crippen molar-refractivity contribution in [1.29, 1.82) is 0 Å². The molecule has 1 N–H and O–H groups in total. The van der Waals surface area contributed by atoms with E-state index < -0.39 is 0 Å². The molecule has 0 unspecified atom stereocenters. The zero-order valence-electron chi connectivity index (χ0n) is 17.5. The summed E-state index contributed by atoms with van der Waals surface area (Å²) in [5.74, 6) is 1.23. The summed E-state index contributed by atoms with van der Waals surface area (Å²) in [4.78, 5) is 25.4. The Hall–Kier alpha value is -3.73. The summed E-state index contributed by atoms with van der Waals surface area (Å²) in [5, 5.41) is 15.8. The average molecular weight is 454 g/mol. The fourth-order valence-electron chi connectivity index (χ4n) is 3.74. The van der Waals surface area contributed by atoms with Crippen molar-refractivity contribution >= 4 is 40.3 Å². The molecule has 12 heteroatoms. The molecule has 3 aromatic heterocycles. The fourth-order valence-corrected chi connectivity index (χ4v) is 3.96. The number of benzene rings is 1. The molecule has 0 bridgehead atoms. The van der Waals surface area contributed by atoms with Gasteiger partial charge in [0.25, 0.3) is 0 Å². The number of aromatic nitrogens is 6. The Labute approximate surface area is 188 Å². The quantitative estimate of drug-likeness (QED) is 0.503. The number of amides is 2. The van der Waals surface area contributed by atoms with Crippen LogP contribution >= 0.6 is 11.6 Å². The summed E-state index contributed by atoms with van der Waals surface area (Å²) in [7, 11) is 1.79. The predicted octanol–water partition coefficient (Wildman–Crippen LogP) is 2.73. The van der Waals surface area contributed by atoms with Gasteiger partial charge in [-0.25, -0.2) is 19.4 Å². The van der Waals surface area contributed by atoms with Gasteiger partial charge in [-0.15, -0.1) is 5.10 Å². The highest BCUT2D eigenvalue weighted by molar-refractivity contribution is 6.33. The number of fused-ring (bicyclic) bond motifs is 1. The minimum Gasteiger partial charge on any atom is -0.359 e. The second kappa shape index (κ2) is 8.08. The maximum Gasteiger partial charge on any atom is 0.322 e. The Kier molecular flexibility index (Phi) is 5.10. The first kappa shape index (κ1) is 20.2. The third-order valence-corrected chi connectivity index (χ3v) is 5.79. The van der Waals surface area contributed by atoms with Crippen molar-refractivity contribution < 1.29 is 9.32 Å². The minimum absolute atomic E-state index is 0.225. The lowest BCUT2D eigenvalue weighted by Gasteiger charge is -2.35. The van der Waals surface area contributed by atoms with Crippen molar-refractivity contribution in [3.63, 3.8) is 0 Å². The highest BCUT2D eigenvalue weighted by Gasteiger charge is 2.26. The van der Waals surface area contributed by atoms with Gasteiger partial charge in [0.15, 0.2) is 22.7 Å². The van der Waals surface area contributed by atoms with Crippen LogP contribution in [-0.2, 0) is 7.05 Å². The average Bonchev–Trinajstić information content (AvgIpc) is 3.37. The van der Waals surface area contributed by atoms with Crippen molar-refractivity contribution in [2.24, 2.45) is 7.05 Å². The third-order valence-electron chi connectivity index (χ3n) is 5.46. The number of piperazine rings is 1. The molecule has 11 nitrogen and oxygen atoms in total. The molecule has 1 aliphatic rings. The largest absolute Gasteiger partial charge is 0.359 e. The van der Waals surface area contributed by atoms with E-state index in [1.807, 2.05) is 18.2 Å². The topological polar surface area (TPSA) is 118 Å². The van der Waals surface area contributed by atoms with Crippen LogP contribution in [0.3, 0.4) is 0 Å². The number of nitrogens with zero attached hydrogens (tertiary/aromatic N) is 8. The van der Waals surface area contributed by atoms with E-state index >= 15 is 0 Å². The van der Waals surface area contributed by atoms with Crippen LogP contribution in [0.25, 0.3) is 22.4 Å². The van der Waals surface area contributed by atoms with E-state index in [0.29, 0.717) is 65.1 Å². The van der Waals surface area contributed by atoms with E-state index in [4.69, 9.17) is 16.1 Å². The second-order valence-corrected chi connectivity index (χ2v) is 7.84.